The van der Waals surface area contributed by atoms with E-state index in [0.717, 1.165) is 18.4 Å². The highest BCUT2D eigenvalue weighted by atomic mass is 16.5. The third-order valence-corrected chi connectivity index (χ3v) is 5.45. The Morgan fingerprint density at radius 2 is 2.04 bits per heavy atom. The minimum Gasteiger partial charge on any atom is -0.493 e. The molecule has 1 aromatic carbocycles. The van der Waals surface area contributed by atoms with Crippen molar-refractivity contribution in [3.05, 3.63) is 23.8 Å². The van der Waals surface area contributed by atoms with Crippen molar-refractivity contribution in [1.29, 1.82) is 0 Å². The van der Waals surface area contributed by atoms with Gasteiger partial charge in [0.25, 0.3) is 0 Å². The Labute approximate surface area is 141 Å². The number of ether oxygens (including phenoxy) is 2. The number of rotatable bonds is 5. The van der Waals surface area contributed by atoms with Crippen LogP contribution in [0.15, 0.2) is 18.2 Å². The molecule has 2 atom stereocenters. The van der Waals surface area contributed by atoms with Gasteiger partial charge in [0.15, 0.2) is 11.5 Å². The van der Waals surface area contributed by atoms with Gasteiger partial charge in [-0.2, -0.15) is 0 Å². The molecule has 0 unspecified atom stereocenters. The van der Waals surface area contributed by atoms with E-state index in [9.17, 15) is 14.7 Å². The predicted molar refractivity (Wildman–Crippen MR) is 87.2 cm³/mol. The van der Waals surface area contributed by atoms with Crippen LogP contribution >= 0.6 is 0 Å². The summed E-state index contributed by atoms with van der Waals surface area (Å²) in [6, 6.07) is 5.41. The lowest BCUT2D eigenvalue weighted by Gasteiger charge is -2.23. The lowest BCUT2D eigenvalue weighted by atomic mass is 9.81. The van der Waals surface area contributed by atoms with Gasteiger partial charge in [-0.3, -0.25) is 9.59 Å². The maximum atomic E-state index is 12.6. The van der Waals surface area contributed by atoms with Crippen LogP contribution in [-0.2, 0) is 16.0 Å². The van der Waals surface area contributed by atoms with E-state index in [-0.39, 0.29) is 18.2 Å². The molecule has 2 aliphatic rings. The maximum absolute atomic E-state index is 12.6. The third-order valence-electron chi connectivity index (χ3n) is 5.45. The normalized spacial score (nSPS) is 25.4. The second kappa shape index (κ2) is 6.34. The van der Waals surface area contributed by atoms with Crippen LogP contribution in [0.4, 0.5) is 0 Å². The molecular weight excluding hydrogens is 310 g/mol. The van der Waals surface area contributed by atoms with Gasteiger partial charge in [-0.1, -0.05) is 12.5 Å². The fourth-order valence-corrected chi connectivity index (χ4v) is 4.11. The van der Waals surface area contributed by atoms with Crippen molar-refractivity contribution >= 4 is 11.9 Å². The Bertz CT molecular complexity index is 659. The standard InChI is InChI=1S/C18H23NO5/c1-23-14-6-5-12(8-15(14)24-2)9-16(20)19-10-13-4-3-7-18(13,11-19)17(21)22/h5-6,8,13H,3-4,7,9-11H2,1-2H3,(H,21,22)/t13-,18+/m0/s1. The van der Waals surface area contributed by atoms with Gasteiger partial charge in [0.1, 0.15) is 0 Å². The number of fused-ring (bicyclic) bond motifs is 1. The fraction of sp³-hybridized carbons (Fsp3) is 0.556. The molecule has 1 heterocycles. The SMILES string of the molecule is COc1ccc(CC(=O)N2C[C@@H]3CCC[C@@]3(C(=O)O)C2)cc1OC. The summed E-state index contributed by atoms with van der Waals surface area (Å²) < 4.78 is 10.5. The number of methoxy groups -OCH3 is 2. The van der Waals surface area contributed by atoms with Crippen molar-refractivity contribution in [2.45, 2.75) is 25.7 Å². The van der Waals surface area contributed by atoms with Crippen molar-refractivity contribution < 1.29 is 24.2 Å². The van der Waals surface area contributed by atoms with Crippen LogP contribution in [0.2, 0.25) is 0 Å². The molecule has 2 fully saturated rings. The molecule has 0 spiro atoms. The summed E-state index contributed by atoms with van der Waals surface area (Å²) in [7, 11) is 3.12. The fourth-order valence-electron chi connectivity index (χ4n) is 4.11. The number of likely N-dealkylation sites (tertiary alicyclic amines) is 1. The van der Waals surface area contributed by atoms with Gasteiger partial charge >= 0.3 is 5.97 Å². The van der Waals surface area contributed by atoms with Crippen molar-refractivity contribution in [2.24, 2.45) is 11.3 Å². The van der Waals surface area contributed by atoms with Crippen molar-refractivity contribution in [1.82, 2.24) is 4.90 Å². The summed E-state index contributed by atoms with van der Waals surface area (Å²) in [5, 5.41) is 9.62. The zero-order chi connectivity index (χ0) is 17.3. The highest BCUT2D eigenvalue weighted by Crippen LogP contribution is 2.49. The summed E-state index contributed by atoms with van der Waals surface area (Å²) in [5.41, 5.74) is 0.104. The Hall–Kier alpha value is -2.24. The number of carbonyl (C=O) groups excluding carboxylic acids is 1. The number of aliphatic carboxylic acids is 1. The van der Waals surface area contributed by atoms with Crippen LogP contribution < -0.4 is 9.47 Å². The molecule has 130 valence electrons. The number of hydrogen-bond donors (Lipinski definition) is 1. The summed E-state index contributed by atoms with van der Waals surface area (Å²) in [5.74, 6) is 0.505. The molecule has 0 radical (unpaired) electrons. The molecule has 0 bridgehead atoms. The molecule has 1 saturated heterocycles. The topological polar surface area (TPSA) is 76.1 Å². The summed E-state index contributed by atoms with van der Waals surface area (Å²) in [6.45, 7) is 0.886. The van der Waals surface area contributed by atoms with E-state index in [1.165, 1.54) is 0 Å². The highest BCUT2D eigenvalue weighted by Gasteiger charge is 2.55. The van der Waals surface area contributed by atoms with Crippen LogP contribution in [-0.4, -0.2) is 49.2 Å². The van der Waals surface area contributed by atoms with Crippen molar-refractivity contribution in [3.63, 3.8) is 0 Å². The zero-order valence-electron chi connectivity index (χ0n) is 14.1. The minimum atomic E-state index is -0.758. The molecule has 6 heteroatoms. The van der Waals surface area contributed by atoms with E-state index in [1.54, 1.807) is 31.3 Å². The first-order valence-corrected chi connectivity index (χ1v) is 8.22. The Morgan fingerprint density at radius 3 is 2.67 bits per heavy atom. The molecular formula is C18H23NO5. The second-order valence-corrected chi connectivity index (χ2v) is 6.69. The van der Waals surface area contributed by atoms with Gasteiger partial charge in [-0.05, 0) is 36.5 Å². The first-order valence-electron chi connectivity index (χ1n) is 8.22. The number of carboxylic acid groups (broad SMARTS) is 1. The molecule has 1 aromatic rings. The first kappa shape index (κ1) is 16.6. The first-order chi connectivity index (χ1) is 11.5. The largest absolute Gasteiger partial charge is 0.493 e. The van der Waals surface area contributed by atoms with Crippen LogP contribution in [0.25, 0.3) is 0 Å². The second-order valence-electron chi connectivity index (χ2n) is 6.69. The lowest BCUT2D eigenvalue weighted by Crippen LogP contribution is -2.37. The Morgan fingerprint density at radius 1 is 1.29 bits per heavy atom. The van der Waals surface area contributed by atoms with E-state index in [0.29, 0.717) is 31.0 Å². The molecule has 1 amide bonds. The van der Waals surface area contributed by atoms with Gasteiger partial charge in [-0.25, -0.2) is 0 Å². The van der Waals surface area contributed by atoms with Crippen molar-refractivity contribution in [2.75, 3.05) is 27.3 Å². The van der Waals surface area contributed by atoms with Gasteiger partial charge in [0.05, 0.1) is 26.1 Å². The number of carbonyl (C=O) groups is 2. The van der Waals surface area contributed by atoms with Crippen LogP contribution in [0.3, 0.4) is 0 Å². The number of hydrogen-bond acceptors (Lipinski definition) is 4. The van der Waals surface area contributed by atoms with E-state index in [2.05, 4.69) is 0 Å². The number of nitrogens with zero attached hydrogens (tertiary/aromatic N) is 1. The van der Waals surface area contributed by atoms with E-state index < -0.39 is 11.4 Å². The number of amides is 1. The Balaban J connectivity index is 1.71. The zero-order valence-corrected chi connectivity index (χ0v) is 14.1. The van der Waals surface area contributed by atoms with E-state index >= 15 is 0 Å². The predicted octanol–water partition coefficient (Wildman–Crippen LogP) is 1.96. The van der Waals surface area contributed by atoms with E-state index in [4.69, 9.17) is 9.47 Å². The average Bonchev–Trinajstić information content (AvgIpc) is 3.13. The van der Waals surface area contributed by atoms with Crippen LogP contribution in [0.1, 0.15) is 24.8 Å². The van der Waals surface area contributed by atoms with Crippen molar-refractivity contribution in [3.8, 4) is 11.5 Å². The molecule has 6 nitrogen and oxygen atoms in total. The highest BCUT2D eigenvalue weighted by molar-refractivity contribution is 5.83. The van der Waals surface area contributed by atoms with Gasteiger partial charge < -0.3 is 19.5 Å². The van der Waals surface area contributed by atoms with Gasteiger partial charge in [0.2, 0.25) is 5.91 Å². The summed E-state index contributed by atoms with van der Waals surface area (Å²) in [4.78, 5) is 26.1. The van der Waals surface area contributed by atoms with Crippen LogP contribution in [0.5, 0.6) is 11.5 Å². The third kappa shape index (κ3) is 2.70. The Kier molecular flexibility index (Phi) is 4.39. The summed E-state index contributed by atoms with van der Waals surface area (Å²) >= 11 is 0. The molecule has 3 rings (SSSR count). The monoisotopic (exact) mass is 333 g/mol. The molecule has 1 aliphatic carbocycles. The van der Waals surface area contributed by atoms with Gasteiger partial charge in [-0.15, -0.1) is 0 Å². The molecule has 24 heavy (non-hydrogen) atoms. The maximum Gasteiger partial charge on any atom is 0.311 e. The number of benzene rings is 1. The molecule has 1 N–H and O–H groups in total. The quantitative estimate of drug-likeness (QED) is 0.891. The number of carboxylic acids is 1. The summed E-state index contributed by atoms with van der Waals surface area (Å²) in [6.07, 6.45) is 2.75. The molecule has 1 aliphatic heterocycles. The van der Waals surface area contributed by atoms with Gasteiger partial charge in [0, 0.05) is 13.1 Å². The average molecular weight is 333 g/mol. The minimum absolute atomic E-state index is 0.0303. The lowest BCUT2D eigenvalue weighted by molar-refractivity contribution is -0.149. The smallest absolute Gasteiger partial charge is 0.311 e. The molecule has 1 saturated carbocycles. The van der Waals surface area contributed by atoms with Crippen LogP contribution in [0, 0.1) is 11.3 Å². The molecule has 0 aromatic heterocycles. The van der Waals surface area contributed by atoms with E-state index in [1.807, 2.05) is 6.07 Å².